The van der Waals surface area contributed by atoms with Gasteiger partial charge in [-0.15, -0.1) is 0 Å². The maximum Gasteiger partial charge on any atom is 0.407 e. The SMILES string of the molecule is CC(C)(C)OC(=O)NCCCC(CNC(=O)c1[nH]c2cc(-c3ccc(F)cc3)ccc2c1F)NC(=O)OC(C)(C)C. The number of hydrogen-bond acceptors (Lipinski definition) is 5. The van der Waals surface area contributed by atoms with Crippen molar-refractivity contribution >= 4 is 29.0 Å². The molecule has 1 aromatic heterocycles. The highest BCUT2D eigenvalue weighted by Gasteiger charge is 2.23. The number of benzene rings is 2. The van der Waals surface area contributed by atoms with Gasteiger partial charge in [0.1, 0.15) is 22.7 Å². The van der Waals surface area contributed by atoms with Crippen LogP contribution < -0.4 is 16.0 Å². The summed E-state index contributed by atoms with van der Waals surface area (Å²) in [5, 5.41) is 8.28. The number of rotatable bonds is 9. The van der Waals surface area contributed by atoms with E-state index >= 15 is 4.39 Å². The summed E-state index contributed by atoms with van der Waals surface area (Å²) >= 11 is 0. The third-order valence-corrected chi connectivity index (χ3v) is 5.77. The molecule has 0 radical (unpaired) electrons. The lowest BCUT2D eigenvalue weighted by Crippen LogP contribution is -2.46. The summed E-state index contributed by atoms with van der Waals surface area (Å²) < 4.78 is 39.0. The van der Waals surface area contributed by atoms with Gasteiger partial charge in [-0.2, -0.15) is 0 Å². The topological polar surface area (TPSA) is 122 Å². The number of H-pyrrole nitrogens is 1. The fraction of sp³-hybridized carbons (Fsp3) is 0.433. The Morgan fingerprint density at radius 3 is 2.10 bits per heavy atom. The van der Waals surface area contributed by atoms with Crippen molar-refractivity contribution < 1.29 is 32.6 Å². The zero-order valence-electron chi connectivity index (χ0n) is 24.2. The van der Waals surface area contributed by atoms with Gasteiger partial charge < -0.3 is 30.4 Å². The fourth-order valence-electron chi connectivity index (χ4n) is 4.00. The van der Waals surface area contributed by atoms with Gasteiger partial charge in [-0.25, -0.2) is 18.4 Å². The van der Waals surface area contributed by atoms with Crippen molar-refractivity contribution in [1.29, 1.82) is 0 Å². The Labute approximate surface area is 238 Å². The largest absolute Gasteiger partial charge is 0.444 e. The molecule has 0 bridgehead atoms. The van der Waals surface area contributed by atoms with E-state index in [9.17, 15) is 18.8 Å². The van der Waals surface area contributed by atoms with Crippen LogP contribution in [0.1, 0.15) is 64.9 Å². The first-order valence-electron chi connectivity index (χ1n) is 13.4. The van der Waals surface area contributed by atoms with Crippen molar-refractivity contribution in [2.24, 2.45) is 0 Å². The first-order chi connectivity index (χ1) is 19.1. The van der Waals surface area contributed by atoms with Crippen LogP contribution >= 0.6 is 0 Å². The molecule has 1 heterocycles. The molecule has 41 heavy (non-hydrogen) atoms. The predicted molar refractivity (Wildman–Crippen MR) is 153 cm³/mol. The van der Waals surface area contributed by atoms with Crippen molar-refractivity contribution in [3.05, 3.63) is 59.8 Å². The molecule has 3 amide bonds. The molecule has 0 fully saturated rings. The first kappa shape index (κ1) is 31.4. The number of amides is 3. The standard InChI is InChI=1S/C30H38F2N4O5/c1-29(2,3)40-27(38)33-15-7-8-21(35-28(39)41-30(4,5)6)17-34-26(37)25-24(32)22-14-11-19(16-23(22)36-25)18-9-12-20(31)13-10-18/h9-14,16,21,36H,7-8,15,17H2,1-6H3,(H,33,38)(H,34,37)(H,35,39). The molecule has 0 saturated heterocycles. The normalized spacial score (nSPS) is 12.5. The van der Waals surface area contributed by atoms with Crippen molar-refractivity contribution in [3.63, 3.8) is 0 Å². The quantitative estimate of drug-likeness (QED) is 0.233. The molecule has 3 rings (SSSR count). The van der Waals surface area contributed by atoms with E-state index in [2.05, 4.69) is 20.9 Å². The van der Waals surface area contributed by atoms with Crippen LogP contribution in [0.25, 0.3) is 22.0 Å². The maximum atomic E-state index is 15.1. The highest BCUT2D eigenvalue weighted by atomic mass is 19.1. The van der Waals surface area contributed by atoms with Gasteiger partial charge in [-0.3, -0.25) is 4.79 Å². The monoisotopic (exact) mass is 572 g/mol. The van der Waals surface area contributed by atoms with Gasteiger partial charge in [-0.1, -0.05) is 18.2 Å². The average Bonchev–Trinajstić information content (AvgIpc) is 3.18. The van der Waals surface area contributed by atoms with Gasteiger partial charge >= 0.3 is 12.2 Å². The Morgan fingerprint density at radius 1 is 0.854 bits per heavy atom. The number of carbonyl (C=O) groups excluding carboxylic acids is 3. The number of ether oxygens (including phenoxy) is 2. The van der Waals surface area contributed by atoms with E-state index in [-0.39, 0.29) is 30.0 Å². The molecule has 222 valence electrons. The van der Waals surface area contributed by atoms with Crippen molar-refractivity contribution in [1.82, 2.24) is 20.9 Å². The lowest BCUT2D eigenvalue weighted by atomic mass is 10.0. The Bertz CT molecular complexity index is 1370. The molecular formula is C30H38F2N4O5. The zero-order valence-corrected chi connectivity index (χ0v) is 24.2. The Kier molecular flexibility index (Phi) is 9.96. The van der Waals surface area contributed by atoms with Gasteiger partial charge in [-0.05, 0) is 89.8 Å². The van der Waals surface area contributed by atoms with Crippen LogP contribution in [0.2, 0.25) is 0 Å². The number of aromatic nitrogens is 1. The first-order valence-corrected chi connectivity index (χ1v) is 13.4. The average molecular weight is 573 g/mol. The Morgan fingerprint density at radius 2 is 1.46 bits per heavy atom. The molecule has 4 N–H and O–H groups in total. The van der Waals surface area contributed by atoms with E-state index < -0.39 is 41.2 Å². The Balaban J connectivity index is 1.66. The van der Waals surface area contributed by atoms with Crippen LogP contribution in [-0.4, -0.2) is 53.4 Å². The summed E-state index contributed by atoms with van der Waals surface area (Å²) in [6.45, 7) is 10.7. The second-order valence-electron chi connectivity index (χ2n) is 11.7. The van der Waals surface area contributed by atoms with E-state index in [1.807, 2.05) is 0 Å². The van der Waals surface area contributed by atoms with Gasteiger partial charge in [0.2, 0.25) is 0 Å². The lowest BCUT2D eigenvalue weighted by Gasteiger charge is -2.24. The summed E-state index contributed by atoms with van der Waals surface area (Å²) in [6.07, 6.45) is -0.380. The highest BCUT2D eigenvalue weighted by molar-refractivity contribution is 5.99. The molecule has 2 aromatic carbocycles. The van der Waals surface area contributed by atoms with E-state index in [0.29, 0.717) is 18.4 Å². The fourth-order valence-corrected chi connectivity index (χ4v) is 4.00. The summed E-state index contributed by atoms with van der Waals surface area (Å²) in [4.78, 5) is 40.1. The number of halogens is 2. The summed E-state index contributed by atoms with van der Waals surface area (Å²) in [5.74, 6) is -1.76. The number of aromatic amines is 1. The van der Waals surface area contributed by atoms with Gasteiger partial charge in [0.15, 0.2) is 5.82 Å². The smallest absolute Gasteiger partial charge is 0.407 e. The molecule has 0 aliphatic heterocycles. The molecule has 1 unspecified atom stereocenters. The van der Waals surface area contributed by atoms with Crippen molar-refractivity contribution in [2.75, 3.05) is 13.1 Å². The van der Waals surface area contributed by atoms with E-state index in [1.165, 1.54) is 12.1 Å². The third kappa shape index (κ3) is 9.77. The van der Waals surface area contributed by atoms with Gasteiger partial charge in [0.25, 0.3) is 5.91 Å². The van der Waals surface area contributed by atoms with E-state index in [4.69, 9.17) is 9.47 Å². The van der Waals surface area contributed by atoms with Gasteiger partial charge in [0.05, 0.1) is 0 Å². The van der Waals surface area contributed by atoms with E-state index in [1.54, 1.807) is 71.9 Å². The summed E-state index contributed by atoms with van der Waals surface area (Å²) in [7, 11) is 0. The molecular weight excluding hydrogens is 534 g/mol. The Hall–Kier alpha value is -4.15. The molecule has 1 atom stereocenters. The predicted octanol–water partition coefficient (Wildman–Crippen LogP) is 6.04. The molecule has 3 aromatic rings. The highest BCUT2D eigenvalue weighted by Crippen LogP contribution is 2.27. The minimum absolute atomic E-state index is 0.0137. The third-order valence-electron chi connectivity index (χ3n) is 5.77. The maximum absolute atomic E-state index is 15.1. The van der Waals surface area contributed by atoms with Crippen LogP contribution in [0.3, 0.4) is 0 Å². The second kappa shape index (κ2) is 13.0. The number of fused-ring (bicyclic) bond motifs is 1. The molecule has 9 nitrogen and oxygen atoms in total. The van der Waals surface area contributed by atoms with Crippen LogP contribution in [0.15, 0.2) is 42.5 Å². The molecule has 11 heteroatoms. The van der Waals surface area contributed by atoms with Crippen molar-refractivity contribution in [3.8, 4) is 11.1 Å². The number of nitrogens with one attached hydrogen (secondary N) is 4. The molecule has 0 spiro atoms. The van der Waals surface area contributed by atoms with E-state index in [0.717, 1.165) is 11.1 Å². The lowest BCUT2D eigenvalue weighted by molar-refractivity contribution is 0.0487. The van der Waals surface area contributed by atoms with Gasteiger partial charge in [0, 0.05) is 30.0 Å². The zero-order chi connectivity index (χ0) is 30.4. The van der Waals surface area contributed by atoms with Crippen LogP contribution in [0.4, 0.5) is 18.4 Å². The number of hydrogen-bond donors (Lipinski definition) is 4. The van der Waals surface area contributed by atoms with Crippen molar-refractivity contribution in [2.45, 2.75) is 71.6 Å². The molecule has 0 aliphatic rings. The minimum Gasteiger partial charge on any atom is -0.444 e. The summed E-state index contributed by atoms with van der Waals surface area (Å²) in [6, 6.07) is 10.3. The summed E-state index contributed by atoms with van der Waals surface area (Å²) in [5.41, 5.74) is 0.273. The van der Waals surface area contributed by atoms with Crippen LogP contribution in [-0.2, 0) is 9.47 Å². The number of carbonyl (C=O) groups is 3. The van der Waals surface area contributed by atoms with Crippen LogP contribution in [0, 0.1) is 11.6 Å². The number of alkyl carbamates (subject to hydrolysis) is 2. The van der Waals surface area contributed by atoms with Crippen LogP contribution in [0.5, 0.6) is 0 Å². The molecule has 0 saturated carbocycles. The minimum atomic E-state index is -0.726. The second-order valence-corrected chi connectivity index (χ2v) is 11.7. The molecule has 0 aliphatic carbocycles.